The molecule has 0 radical (unpaired) electrons. The number of hydrogen-bond acceptors (Lipinski definition) is 6. The lowest BCUT2D eigenvalue weighted by Crippen LogP contribution is -2.31. The van der Waals surface area contributed by atoms with Crippen molar-refractivity contribution < 1.29 is 18.0 Å². The Balaban J connectivity index is 2.33. The molecule has 2 aliphatic heterocycles. The van der Waals surface area contributed by atoms with Gasteiger partial charge in [0.25, 0.3) is 0 Å². The summed E-state index contributed by atoms with van der Waals surface area (Å²) in [5.41, 5.74) is 5.44. The molecule has 0 aromatic rings. The van der Waals surface area contributed by atoms with E-state index >= 15 is 0 Å². The molecule has 2 rings (SSSR count). The normalized spacial score (nSPS) is 26.6. The molecule has 2 heterocycles. The minimum atomic E-state index is -2.49. The molecule has 1 fully saturated rings. The fourth-order valence-corrected chi connectivity index (χ4v) is 2.49. The molecule has 0 aromatic carbocycles. The third kappa shape index (κ3) is 1.17. The first kappa shape index (κ1) is 8.11. The number of hydrogen-bond donors (Lipinski definition) is 1. The van der Waals surface area contributed by atoms with E-state index in [0.29, 0.717) is 0 Å². The molecule has 0 amide bonds. The first-order chi connectivity index (χ1) is 6.12. The van der Waals surface area contributed by atoms with Gasteiger partial charge in [-0.3, -0.25) is 0 Å². The molecule has 0 bridgehead atoms. The van der Waals surface area contributed by atoms with E-state index in [1.165, 1.54) is 11.6 Å². The third-order valence-electron chi connectivity index (χ3n) is 1.46. The summed E-state index contributed by atoms with van der Waals surface area (Å²) in [6, 6.07) is 0. The number of aliphatic imine (C=N–C) groups is 1. The van der Waals surface area contributed by atoms with Crippen LogP contribution in [0.4, 0.5) is 0 Å². The van der Waals surface area contributed by atoms with Crippen LogP contribution in [0.3, 0.4) is 0 Å². The molecule has 1 saturated heterocycles. The number of amidine groups is 1. The summed E-state index contributed by atoms with van der Waals surface area (Å²) in [6.45, 7) is 0. The highest BCUT2D eigenvalue weighted by molar-refractivity contribution is 8.41. The Kier molecular flexibility index (Phi) is 1.56. The molecular weight excluding hydrogens is 196 g/mol. The van der Waals surface area contributed by atoms with E-state index in [2.05, 4.69) is 4.99 Å². The zero-order valence-corrected chi connectivity index (χ0v) is 7.24. The summed E-state index contributed by atoms with van der Waals surface area (Å²) in [4.78, 5) is 25.5. The largest absolute Gasteiger partial charge is 0.368 e. The van der Waals surface area contributed by atoms with E-state index in [1.807, 2.05) is 0 Å². The van der Waals surface area contributed by atoms with Crippen LogP contribution in [0.2, 0.25) is 0 Å². The van der Waals surface area contributed by atoms with Gasteiger partial charge in [-0.05, 0) is 10.6 Å². The van der Waals surface area contributed by atoms with E-state index < -0.39 is 22.5 Å². The highest BCUT2D eigenvalue weighted by Crippen LogP contribution is 2.56. The van der Waals surface area contributed by atoms with Gasteiger partial charge in [0, 0.05) is 6.20 Å². The van der Waals surface area contributed by atoms with Gasteiger partial charge >= 0.3 is 11.9 Å². The van der Waals surface area contributed by atoms with Crippen LogP contribution in [-0.2, 0) is 18.0 Å². The predicted octanol–water partition coefficient (Wildman–Crippen LogP) is -0.0894. The Labute approximate surface area is 75.1 Å². The van der Waals surface area contributed by atoms with Crippen molar-refractivity contribution in [3.63, 3.8) is 0 Å². The fraction of sp³-hybridized carbons (Fsp3) is 0.167. The van der Waals surface area contributed by atoms with Gasteiger partial charge < -0.3 is 14.1 Å². The van der Waals surface area contributed by atoms with Gasteiger partial charge in [0.05, 0.1) is 5.41 Å². The van der Waals surface area contributed by atoms with Crippen LogP contribution in [0, 0.1) is 0 Å². The molecule has 0 saturated carbocycles. The van der Waals surface area contributed by atoms with Crippen LogP contribution in [0.25, 0.3) is 0 Å². The van der Waals surface area contributed by atoms with E-state index in [1.54, 1.807) is 0 Å². The van der Waals surface area contributed by atoms with Crippen LogP contribution in [0.5, 0.6) is 0 Å². The second kappa shape index (κ2) is 2.49. The van der Waals surface area contributed by atoms with E-state index in [9.17, 15) is 9.59 Å². The number of nitrogens with two attached hydrogens (primary N) is 1. The minimum absolute atomic E-state index is 0.0360. The Morgan fingerprint density at radius 2 is 2.00 bits per heavy atom. The summed E-state index contributed by atoms with van der Waals surface area (Å²) in [7, 11) is -2.49. The van der Waals surface area contributed by atoms with Crippen molar-refractivity contribution >= 4 is 27.7 Å². The zero-order chi connectivity index (χ0) is 9.47. The monoisotopic (exact) mass is 202 g/mol. The van der Waals surface area contributed by atoms with Crippen LogP contribution < -0.4 is 5.73 Å². The molecule has 2 aliphatic rings. The summed E-state index contributed by atoms with van der Waals surface area (Å²) in [5.74, 6) is -1.26. The Morgan fingerprint density at radius 1 is 1.38 bits per heavy atom. The molecular formula is C6H6N2O4S. The second-order valence-corrected chi connectivity index (χ2v) is 4.50. The molecule has 6 nitrogen and oxygen atoms in total. The second-order valence-electron chi connectivity index (χ2n) is 2.38. The highest BCUT2D eigenvalue weighted by atomic mass is 32.3. The number of rotatable bonds is 0. The predicted molar refractivity (Wildman–Crippen MR) is 45.2 cm³/mol. The van der Waals surface area contributed by atoms with Crippen LogP contribution in [0.15, 0.2) is 16.6 Å². The van der Waals surface area contributed by atoms with Gasteiger partial charge in [-0.1, -0.05) is 0 Å². The topological polar surface area (TPSA) is 91.0 Å². The molecule has 0 aromatic heterocycles. The Bertz CT molecular complexity index is 333. The summed E-state index contributed by atoms with van der Waals surface area (Å²) in [5, 5.41) is 1.44. The first-order valence-corrected chi connectivity index (χ1v) is 4.95. The van der Waals surface area contributed by atoms with Gasteiger partial charge in [-0.2, -0.15) is 0 Å². The summed E-state index contributed by atoms with van der Waals surface area (Å²) in [6.07, 6.45) is 0.992. The molecule has 1 spiro atoms. The lowest BCUT2D eigenvalue weighted by Gasteiger charge is -2.37. The van der Waals surface area contributed by atoms with Gasteiger partial charge in [0.2, 0.25) is 5.17 Å². The lowest BCUT2D eigenvalue weighted by atomic mass is 10.5. The van der Waals surface area contributed by atoms with Crippen LogP contribution in [-0.4, -0.2) is 17.1 Å². The molecule has 0 unspecified atom stereocenters. The Morgan fingerprint density at radius 3 is 2.46 bits per heavy atom. The summed E-state index contributed by atoms with van der Waals surface area (Å²) >= 11 is 0. The SMILES string of the molecule is NC1=NC=CS12OC(=O)CC(=O)O2. The first-order valence-electron chi connectivity index (χ1n) is 3.40. The van der Waals surface area contributed by atoms with Crippen molar-refractivity contribution in [1.29, 1.82) is 0 Å². The van der Waals surface area contributed by atoms with Crippen molar-refractivity contribution in [2.45, 2.75) is 6.42 Å². The average molecular weight is 202 g/mol. The molecule has 70 valence electrons. The number of carbonyl (C=O) groups is 2. The van der Waals surface area contributed by atoms with Crippen LogP contribution in [0.1, 0.15) is 6.42 Å². The van der Waals surface area contributed by atoms with Gasteiger partial charge in [-0.25, -0.2) is 14.6 Å². The van der Waals surface area contributed by atoms with Gasteiger partial charge in [-0.15, -0.1) is 0 Å². The maximum absolute atomic E-state index is 10.9. The molecule has 7 heteroatoms. The van der Waals surface area contributed by atoms with E-state index in [0.717, 1.165) is 0 Å². The van der Waals surface area contributed by atoms with Gasteiger partial charge in [0.15, 0.2) is 0 Å². The zero-order valence-electron chi connectivity index (χ0n) is 6.43. The molecule has 0 aliphatic carbocycles. The quantitative estimate of drug-likeness (QED) is 0.554. The number of nitrogens with zero attached hydrogens (tertiary/aromatic N) is 1. The van der Waals surface area contributed by atoms with Crippen molar-refractivity contribution in [2.75, 3.05) is 0 Å². The van der Waals surface area contributed by atoms with Crippen molar-refractivity contribution in [1.82, 2.24) is 0 Å². The van der Waals surface area contributed by atoms with Crippen molar-refractivity contribution in [3.05, 3.63) is 11.6 Å². The molecule has 0 atom stereocenters. The minimum Gasteiger partial charge on any atom is -0.368 e. The lowest BCUT2D eigenvalue weighted by molar-refractivity contribution is -0.147. The Hall–Kier alpha value is -1.50. The average Bonchev–Trinajstić information content (AvgIpc) is 2.30. The fourth-order valence-electron chi connectivity index (χ4n) is 0.938. The summed E-state index contributed by atoms with van der Waals surface area (Å²) < 4.78 is 9.75. The van der Waals surface area contributed by atoms with Crippen molar-refractivity contribution in [2.24, 2.45) is 10.7 Å². The van der Waals surface area contributed by atoms with E-state index in [4.69, 9.17) is 14.1 Å². The molecule has 2 N–H and O–H groups in total. The third-order valence-corrected chi connectivity index (χ3v) is 3.49. The van der Waals surface area contributed by atoms with E-state index in [-0.39, 0.29) is 11.6 Å². The van der Waals surface area contributed by atoms with Crippen molar-refractivity contribution in [3.8, 4) is 0 Å². The standard InChI is InChI=1S/C6H6N2O4S/c7-6-8-1-2-13(6)11-4(9)3-5(10)12-13/h1-2H,3H2,(H2,7,8). The maximum Gasteiger partial charge on any atom is 0.341 e. The van der Waals surface area contributed by atoms with Gasteiger partial charge in [0.1, 0.15) is 6.42 Å². The highest BCUT2D eigenvalue weighted by Gasteiger charge is 2.39. The maximum atomic E-state index is 10.9. The molecule has 13 heavy (non-hydrogen) atoms. The number of carbonyl (C=O) groups excluding carboxylic acids is 2. The smallest absolute Gasteiger partial charge is 0.341 e. The van der Waals surface area contributed by atoms with Crippen LogP contribution >= 0.6 is 10.6 Å².